The van der Waals surface area contributed by atoms with Gasteiger partial charge in [-0.15, -0.1) is 0 Å². The number of aryl methyl sites for hydroxylation is 1. The summed E-state index contributed by atoms with van der Waals surface area (Å²) in [5.41, 5.74) is 7.68. The Hall–Kier alpha value is -2.63. The molecule has 2 rings (SSSR count). The molecule has 0 fully saturated rings. The normalized spacial score (nSPS) is 11.4. The van der Waals surface area contributed by atoms with Gasteiger partial charge in [0.25, 0.3) is 0 Å². The second-order valence-corrected chi connectivity index (χ2v) is 6.84. The summed E-state index contributed by atoms with van der Waals surface area (Å²) < 4.78 is 10.1. The van der Waals surface area contributed by atoms with E-state index in [9.17, 15) is 9.59 Å². The Morgan fingerprint density at radius 2 is 1.96 bits per heavy atom. The number of nitrogens with two attached hydrogens (primary N) is 1. The molecule has 0 saturated heterocycles. The minimum atomic E-state index is -0.515. The third-order valence-electron chi connectivity index (χ3n) is 3.60. The molecule has 0 radical (unpaired) electrons. The fourth-order valence-electron chi connectivity index (χ4n) is 2.57. The Labute approximate surface area is 147 Å². The SMILES string of the molecule is COC(=O)c1cc(CCCC(=O)OC(C)(C)C)c2cccc(N)c2n1. The van der Waals surface area contributed by atoms with Crippen LogP contribution in [0.1, 0.15) is 49.7 Å². The molecule has 0 amide bonds. The number of fused-ring (bicyclic) bond motifs is 1. The molecule has 2 aromatic rings. The van der Waals surface area contributed by atoms with E-state index in [0.717, 1.165) is 10.9 Å². The van der Waals surface area contributed by atoms with Crippen LogP contribution in [0.15, 0.2) is 24.3 Å². The number of benzene rings is 1. The molecule has 25 heavy (non-hydrogen) atoms. The number of hydrogen-bond donors (Lipinski definition) is 1. The molecule has 0 atom stereocenters. The van der Waals surface area contributed by atoms with Crippen LogP contribution in [-0.4, -0.2) is 29.6 Å². The number of para-hydroxylation sites is 1. The highest BCUT2D eigenvalue weighted by molar-refractivity contribution is 5.96. The van der Waals surface area contributed by atoms with Gasteiger partial charge in [-0.3, -0.25) is 4.79 Å². The van der Waals surface area contributed by atoms with Crippen LogP contribution in [-0.2, 0) is 20.7 Å². The van der Waals surface area contributed by atoms with Crippen LogP contribution >= 0.6 is 0 Å². The molecule has 0 aliphatic heterocycles. The van der Waals surface area contributed by atoms with Gasteiger partial charge in [0.1, 0.15) is 11.3 Å². The van der Waals surface area contributed by atoms with Crippen LogP contribution < -0.4 is 5.73 Å². The number of rotatable bonds is 5. The summed E-state index contributed by atoms with van der Waals surface area (Å²) in [5.74, 6) is -0.753. The lowest BCUT2D eigenvalue weighted by Gasteiger charge is -2.19. The molecule has 0 unspecified atom stereocenters. The van der Waals surface area contributed by atoms with Crippen molar-refractivity contribution in [3.63, 3.8) is 0 Å². The summed E-state index contributed by atoms with van der Waals surface area (Å²) in [6.07, 6.45) is 1.51. The number of methoxy groups -OCH3 is 1. The van der Waals surface area contributed by atoms with Crippen molar-refractivity contribution in [3.05, 3.63) is 35.5 Å². The molecule has 1 aromatic heterocycles. The van der Waals surface area contributed by atoms with Crippen molar-refractivity contribution in [2.45, 2.75) is 45.6 Å². The number of nitrogens with zero attached hydrogens (tertiary/aromatic N) is 1. The fraction of sp³-hybridized carbons (Fsp3) is 0.421. The van der Waals surface area contributed by atoms with Gasteiger partial charge in [0.05, 0.1) is 18.3 Å². The van der Waals surface area contributed by atoms with Gasteiger partial charge < -0.3 is 15.2 Å². The number of aromatic nitrogens is 1. The summed E-state index contributed by atoms with van der Waals surface area (Å²) in [6.45, 7) is 5.52. The number of carbonyl (C=O) groups excluding carboxylic acids is 2. The van der Waals surface area contributed by atoms with E-state index in [1.807, 2.05) is 32.9 Å². The molecule has 0 saturated carbocycles. The zero-order valence-corrected chi connectivity index (χ0v) is 15.1. The first-order chi connectivity index (χ1) is 11.7. The van der Waals surface area contributed by atoms with E-state index in [1.165, 1.54) is 7.11 Å². The second kappa shape index (κ2) is 7.51. The Bertz CT molecular complexity index is 794. The molecule has 2 N–H and O–H groups in total. The van der Waals surface area contributed by atoms with Crippen molar-refractivity contribution in [3.8, 4) is 0 Å². The van der Waals surface area contributed by atoms with Crippen molar-refractivity contribution < 1.29 is 19.1 Å². The molecule has 0 aliphatic rings. The van der Waals surface area contributed by atoms with Crippen LogP contribution in [0.4, 0.5) is 5.69 Å². The van der Waals surface area contributed by atoms with E-state index >= 15 is 0 Å². The van der Waals surface area contributed by atoms with E-state index in [-0.39, 0.29) is 11.7 Å². The quantitative estimate of drug-likeness (QED) is 0.661. The summed E-state index contributed by atoms with van der Waals surface area (Å²) in [4.78, 5) is 28.0. The summed E-state index contributed by atoms with van der Waals surface area (Å²) in [7, 11) is 1.31. The number of nitrogen functional groups attached to an aromatic ring is 1. The molecule has 6 heteroatoms. The molecule has 0 bridgehead atoms. The number of esters is 2. The third-order valence-corrected chi connectivity index (χ3v) is 3.60. The number of ether oxygens (including phenoxy) is 2. The minimum absolute atomic E-state index is 0.208. The number of pyridine rings is 1. The first kappa shape index (κ1) is 18.7. The lowest BCUT2D eigenvalue weighted by molar-refractivity contribution is -0.154. The zero-order chi connectivity index (χ0) is 18.6. The molecule has 6 nitrogen and oxygen atoms in total. The van der Waals surface area contributed by atoms with Crippen molar-refractivity contribution in [2.75, 3.05) is 12.8 Å². The Morgan fingerprint density at radius 1 is 1.24 bits per heavy atom. The first-order valence-electron chi connectivity index (χ1n) is 8.19. The van der Waals surface area contributed by atoms with E-state index in [4.69, 9.17) is 15.2 Å². The van der Waals surface area contributed by atoms with E-state index in [1.54, 1.807) is 12.1 Å². The van der Waals surface area contributed by atoms with Crippen LogP contribution in [0.2, 0.25) is 0 Å². The highest BCUT2D eigenvalue weighted by Crippen LogP contribution is 2.25. The number of anilines is 1. The maximum atomic E-state index is 11.9. The van der Waals surface area contributed by atoms with Gasteiger partial charge in [0.15, 0.2) is 0 Å². The summed E-state index contributed by atoms with van der Waals surface area (Å²) in [5, 5.41) is 0.872. The van der Waals surface area contributed by atoms with E-state index in [0.29, 0.717) is 30.5 Å². The van der Waals surface area contributed by atoms with Gasteiger partial charge in [-0.05, 0) is 51.3 Å². The molecule has 1 heterocycles. The van der Waals surface area contributed by atoms with E-state index < -0.39 is 11.6 Å². The Kier molecular flexibility index (Phi) is 5.62. The first-order valence-corrected chi connectivity index (χ1v) is 8.19. The van der Waals surface area contributed by atoms with Gasteiger partial charge in [-0.25, -0.2) is 9.78 Å². The molecule has 134 valence electrons. The van der Waals surface area contributed by atoms with Gasteiger partial charge in [0, 0.05) is 11.8 Å². The Morgan fingerprint density at radius 3 is 2.60 bits per heavy atom. The largest absolute Gasteiger partial charge is 0.464 e. The molecular formula is C19H24N2O4. The van der Waals surface area contributed by atoms with Gasteiger partial charge in [-0.1, -0.05) is 12.1 Å². The molecular weight excluding hydrogens is 320 g/mol. The van der Waals surface area contributed by atoms with Gasteiger partial charge in [0.2, 0.25) is 0 Å². The lowest BCUT2D eigenvalue weighted by atomic mass is 10.0. The average molecular weight is 344 g/mol. The standard InChI is InChI=1S/C19H24N2O4/c1-19(2,3)25-16(22)10-5-7-12-11-15(18(23)24-4)21-17-13(12)8-6-9-14(17)20/h6,8-9,11H,5,7,10,20H2,1-4H3. The zero-order valence-electron chi connectivity index (χ0n) is 15.1. The third kappa shape index (κ3) is 4.92. The van der Waals surface area contributed by atoms with Crippen molar-refractivity contribution in [1.29, 1.82) is 0 Å². The topological polar surface area (TPSA) is 91.5 Å². The molecule has 0 spiro atoms. The maximum absolute atomic E-state index is 11.9. The van der Waals surface area contributed by atoms with Gasteiger partial charge >= 0.3 is 11.9 Å². The van der Waals surface area contributed by atoms with E-state index in [2.05, 4.69) is 4.98 Å². The van der Waals surface area contributed by atoms with Crippen molar-refractivity contribution >= 4 is 28.5 Å². The Balaban J connectivity index is 2.23. The number of hydrogen-bond acceptors (Lipinski definition) is 6. The smallest absolute Gasteiger partial charge is 0.356 e. The summed E-state index contributed by atoms with van der Waals surface area (Å²) >= 11 is 0. The highest BCUT2D eigenvalue weighted by Gasteiger charge is 2.17. The minimum Gasteiger partial charge on any atom is -0.464 e. The summed E-state index contributed by atoms with van der Waals surface area (Å²) in [6, 6.07) is 7.18. The maximum Gasteiger partial charge on any atom is 0.356 e. The fourth-order valence-corrected chi connectivity index (χ4v) is 2.57. The highest BCUT2D eigenvalue weighted by atomic mass is 16.6. The van der Waals surface area contributed by atoms with Crippen LogP contribution in [0, 0.1) is 0 Å². The lowest BCUT2D eigenvalue weighted by Crippen LogP contribution is -2.23. The van der Waals surface area contributed by atoms with Crippen molar-refractivity contribution in [2.24, 2.45) is 0 Å². The predicted octanol–water partition coefficient (Wildman–Crippen LogP) is 3.27. The molecule has 0 aliphatic carbocycles. The average Bonchev–Trinajstić information content (AvgIpc) is 2.53. The van der Waals surface area contributed by atoms with Crippen LogP contribution in [0.25, 0.3) is 10.9 Å². The van der Waals surface area contributed by atoms with Crippen LogP contribution in [0.3, 0.4) is 0 Å². The monoisotopic (exact) mass is 344 g/mol. The van der Waals surface area contributed by atoms with Crippen LogP contribution in [0.5, 0.6) is 0 Å². The number of carbonyl (C=O) groups is 2. The predicted molar refractivity (Wildman–Crippen MR) is 96.3 cm³/mol. The molecule has 1 aromatic carbocycles. The second-order valence-electron chi connectivity index (χ2n) is 6.84. The van der Waals surface area contributed by atoms with Gasteiger partial charge in [-0.2, -0.15) is 0 Å². The van der Waals surface area contributed by atoms with Crippen molar-refractivity contribution in [1.82, 2.24) is 4.98 Å².